The van der Waals surface area contributed by atoms with Gasteiger partial charge in [-0.3, -0.25) is 9.59 Å². The first kappa shape index (κ1) is 14.4. The zero-order valence-electron chi connectivity index (χ0n) is 11.4. The maximum absolute atomic E-state index is 11.8. The molecular weight excluding hydrogens is 270 g/mol. The van der Waals surface area contributed by atoms with Gasteiger partial charge in [0.25, 0.3) is 0 Å². The number of nitrogen functional groups attached to an aromatic ring is 1. The molecule has 0 aliphatic rings. The molecule has 0 radical (unpaired) electrons. The largest absolute Gasteiger partial charge is 0.508 e. The lowest BCUT2D eigenvalue weighted by atomic mass is 10.2. The number of hydrogen-bond donors (Lipinski definition) is 4. The number of carbonyl (C=O) groups is 2. The first-order valence-electron chi connectivity index (χ1n) is 6.23. The number of benzene rings is 2. The van der Waals surface area contributed by atoms with Gasteiger partial charge in [0.2, 0.25) is 0 Å². The lowest BCUT2D eigenvalue weighted by molar-refractivity contribution is -0.132. The first-order chi connectivity index (χ1) is 9.95. The number of phenols is 1. The highest BCUT2D eigenvalue weighted by Crippen LogP contribution is 2.19. The summed E-state index contributed by atoms with van der Waals surface area (Å²) in [6, 6.07) is 10.9. The molecule has 2 amide bonds. The van der Waals surface area contributed by atoms with Crippen LogP contribution in [0.5, 0.6) is 5.75 Å². The molecule has 0 fully saturated rings. The van der Waals surface area contributed by atoms with E-state index in [1.807, 2.05) is 13.0 Å². The maximum Gasteiger partial charge on any atom is 0.314 e. The molecule has 21 heavy (non-hydrogen) atoms. The van der Waals surface area contributed by atoms with Crippen LogP contribution in [0, 0.1) is 6.92 Å². The van der Waals surface area contributed by atoms with Gasteiger partial charge in [-0.2, -0.15) is 0 Å². The fourth-order valence-corrected chi connectivity index (χ4v) is 1.69. The highest BCUT2D eigenvalue weighted by atomic mass is 16.3. The quantitative estimate of drug-likeness (QED) is 0.384. The topological polar surface area (TPSA) is 104 Å². The molecule has 0 aromatic heterocycles. The van der Waals surface area contributed by atoms with E-state index in [0.29, 0.717) is 17.1 Å². The van der Waals surface area contributed by atoms with Gasteiger partial charge in [-0.1, -0.05) is 6.07 Å². The molecule has 0 bridgehead atoms. The normalized spacial score (nSPS) is 9.95. The Balaban J connectivity index is 2.04. The zero-order valence-corrected chi connectivity index (χ0v) is 11.4. The average molecular weight is 285 g/mol. The summed E-state index contributed by atoms with van der Waals surface area (Å²) in [7, 11) is 0. The number of rotatable bonds is 2. The number of nitrogens with one attached hydrogen (secondary N) is 2. The minimum atomic E-state index is -0.819. The zero-order chi connectivity index (χ0) is 15.4. The lowest BCUT2D eigenvalue weighted by Gasteiger charge is -2.09. The third-order valence-electron chi connectivity index (χ3n) is 2.79. The van der Waals surface area contributed by atoms with Crippen molar-refractivity contribution in [3.63, 3.8) is 0 Å². The molecule has 0 aliphatic carbocycles. The molecule has 0 atom stereocenters. The van der Waals surface area contributed by atoms with Crippen molar-refractivity contribution in [1.82, 2.24) is 0 Å². The van der Waals surface area contributed by atoms with Crippen LogP contribution >= 0.6 is 0 Å². The molecule has 5 N–H and O–H groups in total. The number of amides is 2. The van der Waals surface area contributed by atoms with Crippen LogP contribution in [0.25, 0.3) is 0 Å². The predicted molar refractivity (Wildman–Crippen MR) is 81.0 cm³/mol. The van der Waals surface area contributed by atoms with Crippen molar-refractivity contribution in [3.05, 3.63) is 48.0 Å². The molecule has 2 rings (SSSR count). The summed E-state index contributed by atoms with van der Waals surface area (Å²) < 4.78 is 0. The minimum Gasteiger partial charge on any atom is -0.508 e. The van der Waals surface area contributed by atoms with Gasteiger partial charge in [-0.05, 0) is 48.9 Å². The van der Waals surface area contributed by atoms with Crippen molar-refractivity contribution < 1.29 is 14.7 Å². The molecule has 0 unspecified atom stereocenters. The van der Waals surface area contributed by atoms with Gasteiger partial charge in [0.15, 0.2) is 0 Å². The van der Waals surface area contributed by atoms with Crippen LogP contribution in [-0.2, 0) is 9.59 Å². The van der Waals surface area contributed by atoms with Crippen LogP contribution in [0.2, 0.25) is 0 Å². The van der Waals surface area contributed by atoms with Crippen molar-refractivity contribution >= 4 is 28.9 Å². The van der Waals surface area contributed by atoms with E-state index in [-0.39, 0.29) is 5.75 Å². The number of phenolic OH excluding ortho intramolecular Hbond substituents is 1. The summed E-state index contributed by atoms with van der Waals surface area (Å²) in [5.41, 5.74) is 7.83. The highest BCUT2D eigenvalue weighted by Gasteiger charge is 2.15. The Morgan fingerprint density at radius 2 is 1.62 bits per heavy atom. The van der Waals surface area contributed by atoms with Crippen LogP contribution in [0.1, 0.15) is 5.56 Å². The van der Waals surface area contributed by atoms with Gasteiger partial charge in [0.05, 0.1) is 11.4 Å². The summed E-state index contributed by atoms with van der Waals surface area (Å²) >= 11 is 0. The number of carbonyl (C=O) groups excluding carboxylic acids is 2. The number of hydrogen-bond acceptors (Lipinski definition) is 4. The fourth-order valence-electron chi connectivity index (χ4n) is 1.69. The van der Waals surface area contributed by atoms with E-state index in [4.69, 9.17) is 10.8 Å². The maximum atomic E-state index is 11.8. The molecule has 2 aromatic rings. The summed E-state index contributed by atoms with van der Waals surface area (Å²) in [6.07, 6.45) is 0. The van der Waals surface area contributed by atoms with Gasteiger partial charge in [-0.15, -0.1) is 0 Å². The Labute approximate surface area is 121 Å². The van der Waals surface area contributed by atoms with Crippen molar-refractivity contribution in [2.75, 3.05) is 16.4 Å². The standard InChI is InChI=1S/C15H15N3O3/c1-9-2-7-12(16)13(8-9)18-15(21)14(20)17-10-3-5-11(19)6-4-10/h2-8,19H,16H2,1H3,(H,17,20)(H,18,21). The number of anilines is 3. The SMILES string of the molecule is Cc1ccc(N)c(NC(=O)C(=O)Nc2ccc(O)cc2)c1. The van der Waals surface area contributed by atoms with E-state index < -0.39 is 11.8 Å². The highest BCUT2D eigenvalue weighted by molar-refractivity contribution is 6.43. The van der Waals surface area contributed by atoms with E-state index >= 15 is 0 Å². The predicted octanol–water partition coefficient (Wildman–Crippen LogP) is 1.86. The van der Waals surface area contributed by atoms with Crippen molar-refractivity contribution in [2.45, 2.75) is 6.92 Å². The average Bonchev–Trinajstić information content (AvgIpc) is 2.45. The molecule has 0 heterocycles. The van der Waals surface area contributed by atoms with Gasteiger partial charge in [0, 0.05) is 5.69 Å². The van der Waals surface area contributed by atoms with Crippen LogP contribution < -0.4 is 16.4 Å². The van der Waals surface area contributed by atoms with E-state index in [1.165, 1.54) is 24.3 Å². The molecule has 0 saturated heterocycles. The Hall–Kier alpha value is -3.02. The molecule has 6 heteroatoms. The molecule has 0 saturated carbocycles. The smallest absolute Gasteiger partial charge is 0.314 e. The van der Waals surface area contributed by atoms with Crippen molar-refractivity contribution in [2.24, 2.45) is 0 Å². The van der Waals surface area contributed by atoms with Gasteiger partial charge in [0.1, 0.15) is 5.75 Å². The van der Waals surface area contributed by atoms with Gasteiger partial charge < -0.3 is 21.5 Å². The van der Waals surface area contributed by atoms with Gasteiger partial charge in [-0.25, -0.2) is 0 Å². The molecular formula is C15H15N3O3. The van der Waals surface area contributed by atoms with E-state index in [1.54, 1.807) is 12.1 Å². The lowest BCUT2D eigenvalue weighted by Crippen LogP contribution is -2.29. The van der Waals surface area contributed by atoms with E-state index in [9.17, 15) is 9.59 Å². The minimum absolute atomic E-state index is 0.0741. The Bertz CT molecular complexity index is 681. The van der Waals surface area contributed by atoms with Gasteiger partial charge >= 0.3 is 11.8 Å². The molecule has 108 valence electrons. The second-order valence-electron chi connectivity index (χ2n) is 4.55. The Kier molecular flexibility index (Phi) is 4.08. The van der Waals surface area contributed by atoms with Crippen LogP contribution in [0.4, 0.5) is 17.1 Å². The van der Waals surface area contributed by atoms with Crippen molar-refractivity contribution in [1.29, 1.82) is 0 Å². The second kappa shape index (κ2) is 5.96. The monoisotopic (exact) mass is 285 g/mol. The number of aryl methyl sites for hydroxylation is 1. The molecule has 0 aliphatic heterocycles. The fraction of sp³-hybridized carbons (Fsp3) is 0.0667. The third kappa shape index (κ3) is 3.73. The summed E-state index contributed by atoms with van der Waals surface area (Å²) in [4.78, 5) is 23.6. The second-order valence-corrected chi connectivity index (χ2v) is 4.55. The van der Waals surface area contributed by atoms with Crippen LogP contribution in [0.3, 0.4) is 0 Å². The molecule has 0 spiro atoms. The third-order valence-corrected chi connectivity index (χ3v) is 2.79. The van der Waals surface area contributed by atoms with Crippen LogP contribution in [0.15, 0.2) is 42.5 Å². The molecule has 2 aromatic carbocycles. The van der Waals surface area contributed by atoms with E-state index in [0.717, 1.165) is 5.56 Å². The van der Waals surface area contributed by atoms with Crippen LogP contribution in [-0.4, -0.2) is 16.9 Å². The Morgan fingerprint density at radius 3 is 2.29 bits per heavy atom. The van der Waals surface area contributed by atoms with Crippen molar-refractivity contribution in [3.8, 4) is 5.75 Å². The Morgan fingerprint density at radius 1 is 1.00 bits per heavy atom. The van der Waals surface area contributed by atoms with E-state index in [2.05, 4.69) is 10.6 Å². The summed E-state index contributed by atoms with van der Waals surface area (Å²) in [6.45, 7) is 1.85. The summed E-state index contributed by atoms with van der Waals surface area (Å²) in [5.74, 6) is -1.56. The summed E-state index contributed by atoms with van der Waals surface area (Å²) in [5, 5.41) is 14.0. The molecule has 6 nitrogen and oxygen atoms in total. The number of nitrogens with two attached hydrogens (primary N) is 1. The number of aromatic hydroxyl groups is 1. The first-order valence-corrected chi connectivity index (χ1v) is 6.23.